The van der Waals surface area contributed by atoms with E-state index >= 15 is 0 Å². The lowest BCUT2D eigenvalue weighted by molar-refractivity contribution is -0.129. The van der Waals surface area contributed by atoms with Crippen LogP contribution in [0.4, 0.5) is 4.79 Å². The lowest BCUT2D eigenvalue weighted by atomic mass is 10.2. The van der Waals surface area contributed by atoms with Crippen LogP contribution in [0.5, 0.6) is 0 Å². The van der Waals surface area contributed by atoms with Gasteiger partial charge in [0.05, 0.1) is 4.91 Å². The number of thioether (sulfide) groups is 1. The number of benzene rings is 1. The first-order chi connectivity index (χ1) is 11.4. The Balaban J connectivity index is 2.01. The molecule has 0 aromatic heterocycles. The van der Waals surface area contributed by atoms with Crippen LogP contribution in [0.15, 0.2) is 29.2 Å². The number of amides is 3. The number of likely N-dealkylation sites (N-methyl/N-ethyl adjacent to an activating group) is 1. The molecular weight excluding hydrogens is 350 g/mol. The molecule has 0 radical (unpaired) electrons. The highest BCUT2D eigenvalue weighted by atomic mass is 35.5. The monoisotopic (exact) mass is 367 g/mol. The number of imide groups is 1. The minimum absolute atomic E-state index is 0.259. The van der Waals surface area contributed by atoms with E-state index in [4.69, 9.17) is 11.6 Å². The lowest BCUT2D eigenvalue weighted by Crippen LogP contribution is -2.41. The molecule has 1 saturated heterocycles. The summed E-state index contributed by atoms with van der Waals surface area (Å²) in [6, 6.07) is 7.03. The third kappa shape index (κ3) is 4.83. The van der Waals surface area contributed by atoms with Crippen molar-refractivity contribution >= 4 is 46.5 Å². The predicted octanol–water partition coefficient (Wildman–Crippen LogP) is 2.05. The van der Waals surface area contributed by atoms with Crippen molar-refractivity contribution in [2.75, 3.05) is 33.7 Å². The Hall–Kier alpha value is -1.83. The van der Waals surface area contributed by atoms with Crippen molar-refractivity contribution in [3.8, 4) is 0 Å². The molecular formula is C16H18ClN3O3S. The van der Waals surface area contributed by atoms with Gasteiger partial charge in [-0.15, -0.1) is 0 Å². The van der Waals surface area contributed by atoms with E-state index in [0.29, 0.717) is 23.7 Å². The van der Waals surface area contributed by atoms with Gasteiger partial charge in [-0.1, -0.05) is 29.8 Å². The van der Waals surface area contributed by atoms with Gasteiger partial charge in [-0.25, -0.2) is 0 Å². The Morgan fingerprint density at radius 1 is 1.33 bits per heavy atom. The summed E-state index contributed by atoms with van der Waals surface area (Å²) in [6.45, 7) is 0.857. The number of nitrogens with one attached hydrogen (secondary N) is 1. The fraction of sp³-hybridized carbons (Fsp3) is 0.312. The molecule has 6 nitrogen and oxygen atoms in total. The number of rotatable bonds is 6. The Bertz CT molecular complexity index is 691. The number of carbonyl (C=O) groups excluding carboxylic acids is 3. The van der Waals surface area contributed by atoms with Crippen LogP contribution in [0.25, 0.3) is 6.08 Å². The molecule has 2 rings (SSSR count). The van der Waals surface area contributed by atoms with Crippen LogP contribution >= 0.6 is 23.4 Å². The van der Waals surface area contributed by atoms with Crippen LogP contribution in [0, 0.1) is 0 Å². The molecule has 0 saturated carbocycles. The molecule has 1 aliphatic rings. The zero-order valence-electron chi connectivity index (χ0n) is 13.4. The quantitative estimate of drug-likeness (QED) is 0.779. The molecule has 0 atom stereocenters. The Labute approximate surface area is 149 Å². The van der Waals surface area contributed by atoms with Gasteiger partial charge in [0.15, 0.2) is 0 Å². The van der Waals surface area contributed by atoms with E-state index in [1.165, 1.54) is 0 Å². The van der Waals surface area contributed by atoms with Gasteiger partial charge in [0.1, 0.15) is 6.54 Å². The summed E-state index contributed by atoms with van der Waals surface area (Å²) in [5.74, 6) is -0.842. The molecule has 24 heavy (non-hydrogen) atoms. The van der Waals surface area contributed by atoms with Crippen LogP contribution in [-0.4, -0.2) is 60.6 Å². The SMILES string of the molecule is CN(C)CCNC(=O)CN1C(=O)S/C(=C/c2ccccc2Cl)C1=O. The molecule has 3 amide bonds. The van der Waals surface area contributed by atoms with Crippen LogP contribution in [-0.2, 0) is 9.59 Å². The van der Waals surface area contributed by atoms with Gasteiger partial charge in [0.25, 0.3) is 11.1 Å². The highest BCUT2D eigenvalue weighted by molar-refractivity contribution is 8.18. The fourth-order valence-corrected chi connectivity index (χ4v) is 3.01. The number of halogens is 1. The van der Waals surface area contributed by atoms with E-state index < -0.39 is 11.1 Å². The van der Waals surface area contributed by atoms with Crippen LogP contribution < -0.4 is 5.32 Å². The lowest BCUT2D eigenvalue weighted by Gasteiger charge is -2.14. The normalized spacial score (nSPS) is 16.3. The number of hydrogen-bond donors (Lipinski definition) is 1. The molecule has 1 aliphatic heterocycles. The van der Waals surface area contributed by atoms with E-state index in [-0.39, 0.29) is 17.4 Å². The second-order valence-electron chi connectivity index (χ2n) is 5.44. The minimum atomic E-state index is -0.479. The smallest absolute Gasteiger partial charge is 0.294 e. The summed E-state index contributed by atoms with van der Waals surface area (Å²) in [5, 5.41) is 2.71. The zero-order valence-corrected chi connectivity index (χ0v) is 15.0. The van der Waals surface area contributed by atoms with Crippen LogP contribution in [0.1, 0.15) is 5.56 Å². The maximum Gasteiger partial charge on any atom is 0.294 e. The summed E-state index contributed by atoms with van der Waals surface area (Å²) in [4.78, 5) is 39.3. The van der Waals surface area contributed by atoms with E-state index in [1.807, 2.05) is 19.0 Å². The van der Waals surface area contributed by atoms with Gasteiger partial charge >= 0.3 is 0 Å². The third-order valence-corrected chi connectivity index (χ3v) is 4.50. The molecule has 0 bridgehead atoms. The second-order valence-corrected chi connectivity index (χ2v) is 6.84. The van der Waals surface area contributed by atoms with Crippen LogP contribution in [0.2, 0.25) is 5.02 Å². The maximum absolute atomic E-state index is 12.3. The van der Waals surface area contributed by atoms with Crippen molar-refractivity contribution in [2.45, 2.75) is 0 Å². The van der Waals surface area contributed by atoms with Gasteiger partial charge < -0.3 is 10.2 Å². The van der Waals surface area contributed by atoms with Crippen LogP contribution in [0.3, 0.4) is 0 Å². The van der Waals surface area contributed by atoms with Gasteiger partial charge in [0, 0.05) is 18.1 Å². The minimum Gasteiger partial charge on any atom is -0.353 e. The van der Waals surface area contributed by atoms with Crippen molar-refractivity contribution in [2.24, 2.45) is 0 Å². The van der Waals surface area contributed by atoms with Crippen molar-refractivity contribution in [1.29, 1.82) is 0 Å². The van der Waals surface area contributed by atoms with Crippen molar-refractivity contribution in [3.05, 3.63) is 39.8 Å². The van der Waals surface area contributed by atoms with E-state index in [0.717, 1.165) is 16.7 Å². The van der Waals surface area contributed by atoms with Gasteiger partial charge in [-0.2, -0.15) is 0 Å². The number of nitrogens with zero attached hydrogens (tertiary/aromatic N) is 2. The summed E-state index contributed by atoms with van der Waals surface area (Å²) < 4.78 is 0. The first-order valence-electron chi connectivity index (χ1n) is 7.30. The molecule has 1 N–H and O–H groups in total. The molecule has 8 heteroatoms. The second kappa shape index (κ2) is 8.32. The topological polar surface area (TPSA) is 69.7 Å². The highest BCUT2D eigenvalue weighted by Gasteiger charge is 2.36. The Kier molecular flexibility index (Phi) is 6.42. The zero-order chi connectivity index (χ0) is 17.7. The van der Waals surface area contributed by atoms with Gasteiger partial charge in [-0.3, -0.25) is 19.3 Å². The van der Waals surface area contributed by atoms with Crippen molar-refractivity contribution in [3.63, 3.8) is 0 Å². The molecule has 1 aromatic carbocycles. The van der Waals surface area contributed by atoms with E-state index in [2.05, 4.69) is 5.32 Å². The summed E-state index contributed by atoms with van der Waals surface area (Å²) in [5.41, 5.74) is 0.653. The first-order valence-corrected chi connectivity index (χ1v) is 8.49. The summed E-state index contributed by atoms with van der Waals surface area (Å²) in [7, 11) is 3.78. The molecule has 1 heterocycles. The molecule has 0 unspecified atom stereocenters. The van der Waals surface area contributed by atoms with Crippen molar-refractivity contribution in [1.82, 2.24) is 15.1 Å². The highest BCUT2D eigenvalue weighted by Crippen LogP contribution is 2.33. The van der Waals surface area contributed by atoms with E-state index in [1.54, 1.807) is 30.3 Å². The number of carbonyl (C=O) groups is 3. The van der Waals surface area contributed by atoms with Gasteiger partial charge in [0.2, 0.25) is 5.91 Å². The Morgan fingerprint density at radius 2 is 2.04 bits per heavy atom. The average Bonchev–Trinajstić information content (AvgIpc) is 2.77. The predicted molar refractivity (Wildman–Crippen MR) is 95.7 cm³/mol. The molecule has 128 valence electrons. The standard InChI is InChI=1S/C16H18ClN3O3S/c1-19(2)8-7-18-14(21)10-20-15(22)13(24-16(20)23)9-11-5-3-4-6-12(11)17/h3-6,9H,7-8,10H2,1-2H3,(H,18,21)/b13-9+. The number of hydrogen-bond acceptors (Lipinski definition) is 5. The Morgan fingerprint density at radius 3 is 2.71 bits per heavy atom. The summed E-state index contributed by atoms with van der Waals surface area (Å²) in [6.07, 6.45) is 1.57. The molecule has 1 aromatic rings. The average molecular weight is 368 g/mol. The first kappa shape index (κ1) is 18.5. The fourth-order valence-electron chi connectivity index (χ4n) is 1.99. The third-order valence-electron chi connectivity index (χ3n) is 3.25. The van der Waals surface area contributed by atoms with Gasteiger partial charge in [-0.05, 0) is 43.6 Å². The maximum atomic E-state index is 12.3. The largest absolute Gasteiger partial charge is 0.353 e. The molecule has 0 aliphatic carbocycles. The van der Waals surface area contributed by atoms with E-state index in [9.17, 15) is 14.4 Å². The van der Waals surface area contributed by atoms with Crippen molar-refractivity contribution < 1.29 is 14.4 Å². The molecule has 0 spiro atoms. The summed E-state index contributed by atoms with van der Waals surface area (Å²) >= 11 is 6.87. The molecule has 1 fully saturated rings.